The number of amides is 4. The van der Waals surface area contributed by atoms with Gasteiger partial charge >= 0.3 is 27.8 Å². The number of imidazole rings is 2. The maximum atomic E-state index is 17.6. The van der Waals surface area contributed by atoms with E-state index in [1.807, 2.05) is 0 Å². The second-order valence-corrected chi connectivity index (χ2v) is 25.9. The molecule has 4 aliphatic rings. The second-order valence-electron chi connectivity index (χ2n) is 23.4. The van der Waals surface area contributed by atoms with Crippen molar-refractivity contribution in [2.24, 2.45) is 5.92 Å². The summed E-state index contributed by atoms with van der Waals surface area (Å²) >= 11 is 0. The minimum atomic E-state index is -5.26. The van der Waals surface area contributed by atoms with E-state index in [9.17, 15) is 52.3 Å². The van der Waals surface area contributed by atoms with Gasteiger partial charge in [0, 0.05) is 74.0 Å². The predicted octanol–water partition coefficient (Wildman–Crippen LogP) is 9.66. The minimum Gasteiger partial charge on any atom is -0.453 e. The molecule has 4 aromatic carbocycles. The van der Waals surface area contributed by atoms with Crippen LogP contribution in [-0.4, -0.2) is 132 Å². The van der Waals surface area contributed by atoms with Gasteiger partial charge in [-0.05, 0) is 112 Å². The number of hydrogen-bond donors (Lipinski definition) is 6. The van der Waals surface area contributed by atoms with Crippen LogP contribution in [0.5, 0.6) is 0 Å². The van der Waals surface area contributed by atoms with Crippen molar-refractivity contribution in [1.82, 2.24) is 39.5 Å². The molecule has 0 aliphatic carbocycles. The molecular formula is C60H71F5N10O15P2. The maximum Gasteiger partial charge on any atom is 0.471 e. The van der Waals surface area contributed by atoms with Gasteiger partial charge in [-0.25, -0.2) is 50.6 Å². The molecule has 4 amide bonds. The van der Waals surface area contributed by atoms with Crippen molar-refractivity contribution in [1.29, 1.82) is 0 Å². The van der Waals surface area contributed by atoms with Gasteiger partial charge in [0.1, 0.15) is 54.3 Å². The number of piperidine rings is 1. The number of benzene rings is 4. The number of methoxy groups -OCH3 is 3. The first-order valence-corrected chi connectivity index (χ1v) is 32.8. The van der Waals surface area contributed by atoms with Gasteiger partial charge in [0.15, 0.2) is 11.6 Å². The fraction of sp³-hybridized carbons (Fsp3) is 0.467. The number of carbonyl (C=O) groups excluding carboxylic acids is 4. The maximum absolute atomic E-state index is 17.6. The molecule has 4 fully saturated rings. The first-order valence-electron chi connectivity index (χ1n) is 29.8. The van der Waals surface area contributed by atoms with Crippen LogP contribution >= 0.6 is 15.6 Å². The molecule has 0 spiro atoms. The molecule has 0 radical (unpaired) electrons. The number of nitrogens with one attached hydrogen (secondary N) is 2. The van der Waals surface area contributed by atoms with Gasteiger partial charge in [0.2, 0.25) is 5.91 Å². The topological polar surface area (TPSA) is 302 Å². The molecule has 92 heavy (non-hydrogen) atoms. The van der Waals surface area contributed by atoms with Crippen molar-refractivity contribution in [2.45, 2.75) is 128 Å². The van der Waals surface area contributed by atoms with Crippen molar-refractivity contribution < 1.29 is 93.1 Å². The van der Waals surface area contributed by atoms with Crippen molar-refractivity contribution in [2.75, 3.05) is 57.3 Å². The van der Waals surface area contributed by atoms with Crippen LogP contribution in [0, 0.1) is 35.0 Å². The summed E-state index contributed by atoms with van der Waals surface area (Å²) in [5.74, 6) is -5.81. The lowest BCUT2D eigenvalue weighted by Gasteiger charge is -2.36. The molecule has 6 aromatic rings. The summed E-state index contributed by atoms with van der Waals surface area (Å²) in [6, 6.07) is 7.42. The van der Waals surface area contributed by atoms with E-state index in [2.05, 4.69) is 15.4 Å². The predicted molar refractivity (Wildman–Crippen MR) is 321 cm³/mol. The van der Waals surface area contributed by atoms with Gasteiger partial charge in [0.05, 0.1) is 66.6 Å². The van der Waals surface area contributed by atoms with E-state index in [0.717, 1.165) is 44.0 Å². The Morgan fingerprint density at radius 2 is 1.16 bits per heavy atom. The molecule has 4 saturated heterocycles. The SMILES string of the molecule is COC(=O)N/C=C(\C(=O)N1CCC[C@H]1c1nc2cc([C@H]3CC[C@H](c4cc5c(cc4F)nc([C@@H]4CCCN4C(=O)[C@@H](NC(=O)OC)[C@@H](C)OC)n5COP(=O)(O)O)N3c3cc(F)c(N4CCC(c5ccc(F)cc5)CC4)c(F)c3)c(F)cc2n1COP(=O)(O)O)C(C)C. The van der Waals surface area contributed by atoms with E-state index in [-0.39, 0.29) is 120 Å². The Labute approximate surface area is 524 Å². The smallest absolute Gasteiger partial charge is 0.453 e. The van der Waals surface area contributed by atoms with E-state index in [4.69, 9.17) is 28.5 Å². The summed E-state index contributed by atoms with van der Waals surface area (Å²) in [6.45, 7) is 3.98. The summed E-state index contributed by atoms with van der Waals surface area (Å²) in [4.78, 5) is 109. The Kier molecular flexibility index (Phi) is 20.2. The van der Waals surface area contributed by atoms with Crippen LogP contribution in [0.3, 0.4) is 0 Å². The number of nitrogens with zero attached hydrogens (tertiary/aromatic N) is 8. The number of ether oxygens (including phenoxy) is 3. The minimum absolute atomic E-state index is 0.0122. The van der Waals surface area contributed by atoms with Gasteiger partial charge in [-0.1, -0.05) is 26.0 Å². The standard InChI is InChI=1S/C60H71F5N10O15P2/c1-32(2)40(29-66-59(78)87-5)57(76)71-19-7-9-49(71)55-67-45-25-38(42(63)28-52(45)74(55)31-90-92(83,84)85)47-15-16-48(75(47)37-23-43(64)54(44(65)24-37)70-21-17-35(18-22-70)34-11-13-36(61)14-12-34)39-26-51-46(27-41(39)62)68-56(73(51)30-89-91(80,81)82)50-10-8-20-72(50)58(77)53(33(3)86-4)69-60(79)88-6/h11-14,23-29,32-33,35,47-50,53H,7-10,15-22,30-31H2,1-6H3,(H,66,78)(H,69,79)(H2,80,81,82)(H2,83,84,85)/b40-29-/t33-,47-,48-,49+,50+,53+/m1/s1. The third-order valence-corrected chi connectivity index (χ3v) is 18.6. The van der Waals surface area contributed by atoms with Gasteiger partial charge in [-0.3, -0.25) is 24.0 Å². The number of alkyl carbamates (subject to hydrolysis) is 2. The van der Waals surface area contributed by atoms with Gasteiger partial charge in [0.25, 0.3) is 5.91 Å². The molecule has 6 atom stereocenters. The van der Waals surface area contributed by atoms with E-state index < -0.39 is 124 Å². The number of hydrogen-bond acceptors (Lipinski definition) is 15. The number of phosphoric acid groups is 2. The van der Waals surface area contributed by atoms with Crippen molar-refractivity contribution in [3.63, 3.8) is 0 Å². The summed E-state index contributed by atoms with van der Waals surface area (Å²) in [7, 11) is -6.88. The van der Waals surface area contributed by atoms with E-state index in [1.165, 1.54) is 61.4 Å². The monoisotopic (exact) mass is 1330 g/mol. The second kappa shape index (κ2) is 27.6. The van der Waals surface area contributed by atoms with Gasteiger partial charge < -0.3 is 67.8 Å². The normalized spacial score (nSPS) is 20.0. The van der Waals surface area contributed by atoms with Crippen LogP contribution in [-0.2, 0) is 55.4 Å². The van der Waals surface area contributed by atoms with Crippen molar-refractivity contribution in [3.05, 3.63) is 130 Å². The van der Waals surface area contributed by atoms with Gasteiger partial charge in [-0.15, -0.1) is 0 Å². The van der Waals surface area contributed by atoms with Crippen molar-refractivity contribution >= 4 is 73.1 Å². The van der Waals surface area contributed by atoms with Crippen LogP contribution in [0.15, 0.2) is 72.4 Å². The Hall–Kier alpha value is -7.53. The average Bonchev–Trinajstić information content (AvgIpc) is 1.57. The number of rotatable bonds is 20. The number of phosphoric ester groups is 2. The van der Waals surface area contributed by atoms with E-state index in [0.29, 0.717) is 25.7 Å². The molecule has 6 N–H and O–H groups in total. The molecular weight excluding hydrogens is 1260 g/mol. The van der Waals surface area contributed by atoms with Gasteiger partial charge in [-0.2, -0.15) is 0 Å². The molecule has 10 rings (SSSR count). The highest BCUT2D eigenvalue weighted by atomic mass is 31.2. The molecule has 4 aliphatic heterocycles. The zero-order chi connectivity index (χ0) is 66.2. The largest absolute Gasteiger partial charge is 0.471 e. The van der Waals surface area contributed by atoms with Crippen LogP contribution in [0.25, 0.3) is 22.1 Å². The zero-order valence-corrected chi connectivity index (χ0v) is 52.8. The summed E-state index contributed by atoms with van der Waals surface area (Å²) in [5, 5.41) is 4.91. The Morgan fingerprint density at radius 1 is 0.641 bits per heavy atom. The Bertz CT molecular complexity index is 3890. The Balaban J connectivity index is 1.09. The molecule has 0 bridgehead atoms. The Morgan fingerprint density at radius 3 is 1.71 bits per heavy atom. The summed E-state index contributed by atoms with van der Waals surface area (Å²) < 4.78 is 135. The first kappa shape index (κ1) is 67.4. The number of halogens is 5. The molecule has 496 valence electrons. The third-order valence-electron chi connectivity index (χ3n) is 17.7. The third kappa shape index (κ3) is 14.2. The first-order chi connectivity index (χ1) is 43.7. The molecule has 32 heteroatoms. The van der Waals surface area contributed by atoms with Crippen LogP contribution in [0.2, 0.25) is 0 Å². The summed E-state index contributed by atoms with van der Waals surface area (Å²) in [6.07, 6.45) is 0.792. The molecule has 25 nitrogen and oxygen atoms in total. The fourth-order valence-corrected chi connectivity index (χ4v) is 13.7. The number of anilines is 2. The van der Waals surface area contributed by atoms with Crippen molar-refractivity contribution in [3.8, 4) is 0 Å². The van der Waals surface area contributed by atoms with Crippen LogP contribution < -0.4 is 20.4 Å². The zero-order valence-electron chi connectivity index (χ0n) is 51.0. The van der Waals surface area contributed by atoms with Crippen LogP contribution in [0.1, 0.15) is 131 Å². The number of fused-ring (bicyclic) bond motifs is 2. The molecule has 6 heterocycles. The lowest BCUT2D eigenvalue weighted by molar-refractivity contribution is -0.137. The fourth-order valence-electron chi connectivity index (χ4n) is 13.2. The lowest BCUT2D eigenvalue weighted by atomic mass is 9.89. The van der Waals surface area contributed by atoms with E-state index >= 15 is 17.6 Å². The number of carbonyl (C=O) groups is 4. The van der Waals surface area contributed by atoms with E-state index in [1.54, 1.807) is 37.8 Å². The highest BCUT2D eigenvalue weighted by Gasteiger charge is 2.44. The van der Waals surface area contributed by atoms with Crippen LogP contribution in [0.4, 0.5) is 42.9 Å². The average molecular weight is 1330 g/mol. The quantitative estimate of drug-likeness (QED) is 0.0235. The highest BCUT2D eigenvalue weighted by Crippen LogP contribution is 2.51. The molecule has 0 saturated carbocycles. The summed E-state index contributed by atoms with van der Waals surface area (Å²) in [5.41, 5.74) is 0.265. The highest BCUT2D eigenvalue weighted by molar-refractivity contribution is 7.46. The lowest BCUT2D eigenvalue weighted by Crippen LogP contribution is -2.54. The number of aromatic nitrogens is 4. The number of likely N-dealkylation sites (tertiary alicyclic amines) is 2. The molecule has 0 unspecified atom stereocenters. The molecule has 2 aromatic heterocycles.